The number of halogens is 2. The van der Waals surface area contributed by atoms with Gasteiger partial charge in [-0.15, -0.1) is 24.8 Å². The van der Waals surface area contributed by atoms with E-state index in [9.17, 15) is 9.59 Å². The van der Waals surface area contributed by atoms with Crippen LogP contribution in [0.2, 0.25) is 0 Å². The quantitative estimate of drug-likeness (QED) is 0.695. The average molecular weight is 391 g/mol. The molecule has 8 heteroatoms. The van der Waals surface area contributed by atoms with Crippen molar-refractivity contribution in [3.8, 4) is 0 Å². The zero-order valence-corrected chi connectivity index (χ0v) is 16.3. The molecule has 1 saturated heterocycles. The fourth-order valence-electron chi connectivity index (χ4n) is 2.66. The summed E-state index contributed by atoms with van der Waals surface area (Å²) in [5.74, 6) is -0.449. The zero-order valence-electron chi connectivity index (χ0n) is 14.7. The Labute approximate surface area is 161 Å². The summed E-state index contributed by atoms with van der Waals surface area (Å²) in [5, 5.41) is 5.51. The predicted molar refractivity (Wildman–Crippen MR) is 107 cm³/mol. The summed E-state index contributed by atoms with van der Waals surface area (Å²) in [6.45, 7) is 5.54. The van der Waals surface area contributed by atoms with Crippen LogP contribution in [0.25, 0.3) is 0 Å². The summed E-state index contributed by atoms with van der Waals surface area (Å²) in [6, 6.07) is 6.99. The number of nitrogens with one attached hydrogen (secondary N) is 2. The van der Waals surface area contributed by atoms with Crippen LogP contribution in [0.3, 0.4) is 0 Å². The minimum atomic E-state index is -0.600. The zero-order chi connectivity index (χ0) is 16.8. The lowest BCUT2D eigenvalue weighted by atomic mass is 10.2. The van der Waals surface area contributed by atoms with E-state index in [4.69, 9.17) is 5.73 Å². The Morgan fingerprint density at radius 1 is 1.20 bits per heavy atom. The minimum Gasteiger partial charge on any atom is -0.371 e. The number of nitrogens with zero attached hydrogens (tertiary/aromatic N) is 1. The number of hydrogen-bond acceptors (Lipinski definition) is 4. The maximum atomic E-state index is 12.2. The Morgan fingerprint density at radius 3 is 2.44 bits per heavy atom. The summed E-state index contributed by atoms with van der Waals surface area (Å²) >= 11 is 0. The molecule has 0 aromatic heterocycles. The fraction of sp³-hybridized carbons (Fsp3) is 0.529. The van der Waals surface area contributed by atoms with Gasteiger partial charge in [-0.05, 0) is 44.9 Å². The second-order valence-electron chi connectivity index (χ2n) is 6.20. The molecule has 1 aromatic carbocycles. The van der Waals surface area contributed by atoms with Crippen LogP contribution in [0.5, 0.6) is 0 Å². The van der Waals surface area contributed by atoms with Gasteiger partial charge in [0.2, 0.25) is 11.8 Å². The minimum absolute atomic E-state index is 0. The van der Waals surface area contributed by atoms with E-state index >= 15 is 0 Å². The molecule has 0 aliphatic carbocycles. The topological polar surface area (TPSA) is 87.5 Å². The summed E-state index contributed by atoms with van der Waals surface area (Å²) < 4.78 is 0. The number of anilines is 2. The lowest BCUT2D eigenvalue weighted by molar-refractivity contribution is -0.126. The molecule has 1 aromatic rings. The monoisotopic (exact) mass is 390 g/mol. The highest BCUT2D eigenvalue weighted by Crippen LogP contribution is 2.23. The third-order valence-corrected chi connectivity index (χ3v) is 3.86. The largest absolute Gasteiger partial charge is 0.371 e. The SMILES string of the molecule is CC(N)CC(=O)NC(C)C(=O)Nc1cccc(N2CCCC2)c1.Cl.Cl. The van der Waals surface area contributed by atoms with Gasteiger partial charge in [0.1, 0.15) is 6.04 Å². The van der Waals surface area contributed by atoms with Gasteiger partial charge in [0, 0.05) is 36.9 Å². The number of rotatable bonds is 6. The van der Waals surface area contributed by atoms with Crippen molar-refractivity contribution < 1.29 is 9.59 Å². The Bertz CT molecular complexity index is 563. The van der Waals surface area contributed by atoms with Crippen LogP contribution in [0.1, 0.15) is 33.1 Å². The van der Waals surface area contributed by atoms with Gasteiger partial charge in [0.25, 0.3) is 0 Å². The van der Waals surface area contributed by atoms with Gasteiger partial charge in [-0.3, -0.25) is 9.59 Å². The van der Waals surface area contributed by atoms with E-state index in [0.717, 1.165) is 24.5 Å². The van der Waals surface area contributed by atoms with Gasteiger partial charge in [-0.25, -0.2) is 0 Å². The van der Waals surface area contributed by atoms with Crippen molar-refractivity contribution in [2.24, 2.45) is 5.73 Å². The van der Waals surface area contributed by atoms with Crippen molar-refractivity contribution in [1.82, 2.24) is 5.32 Å². The molecule has 2 unspecified atom stereocenters. The van der Waals surface area contributed by atoms with Crippen molar-refractivity contribution in [2.45, 2.75) is 45.2 Å². The van der Waals surface area contributed by atoms with Gasteiger partial charge in [0.05, 0.1) is 0 Å². The number of amides is 2. The van der Waals surface area contributed by atoms with Crippen molar-refractivity contribution in [3.63, 3.8) is 0 Å². The van der Waals surface area contributed by atoms with Crippen molar-refractivity contribution in [1.29, 1.82) is 0 Å². The highest BCUT2D eigenvalue weighted by Gasteiger charge is 2.17. The second kappa shape index (κ2) is 11.2. The molecule has 142 valence electrons. The maximum absolute atomic E-state index is 12.2. The normalized spacial score (nSPS) is 15.4. The van der Waals surface area contributed by atoms with E-state index in [2.05, 4.69) is 21.6 Å². The summed E-state index contributed by atoms with van der Waals surface area (Å²) in [5.41, 5.74) is 7.44. The second-order valence-corrected chi connectivity index (χ2v) is 6.20. The van der Waals surface area contributed by atoms with Crippen LogP contribution in [0.4, 0.5) is 11.4 Å². The molecular weight excluding hydrogens is 363 g/mol. The predicted octanol–water partition coefficient (Wildman–Crippen LogP) is 2.31. The number of carbonyl (C=O) groups is 2. The molecule has 2 atom stereocenters. The van der Waals surface area contributed by atoms with Crippen molar-refractivity contribution >= 4 is 48.0 Å². The van der Waals surface area contributed by atoms with Crippen LogP contribution in [0, 0.1) is 0 Å². The Morgan fingerprint density at radius 2 is 1.84 bits per heavy atom. The van der Waals surface area contributed by atoms with E-state index in [1.54, 1.807) is 13.8 Å². The molecule has 1 aliphatic heterocycles. The summed E-state index contributed by atoms with van der Waals surface area (Å²) in [4.78, 5) is 26.2. The molecule has 0 saturated carbocycles. The Balaban J connectivity index is 0.00000288. The molecule has 25 heavy (non-hydrogen) atoms. The summed E-state index contributed by atoms with van der Waals surface area (Å²) in [7, 11) is 0. The van der Waals surface area contributed by atoms with Gasteiger partial charge in [0.15, 0.2) is 0 Å². The molecule has 1 heterocycles. The van der Waals surface area contributed by atoms with E-state index < -0.39 is 6.04 Å². The van der Waals surface area contributed by atoms with E-state index in [1.807, 2.05) is 18.2 Å². The molecule has 0 bridgehead atoms. The van der Waals surface area contributed by atoms with Crippen LogP contribution in [-0.4, -0.2) is 37.0 Å². The molecule has 2 rings (SSSR count). The maximum Gasteiger partial charge on any atom is 0.246 e. The number of hydrogen-bond donors (Lipinski definition) is 3. The highest BCUT2D eigenvalue weighted by molar-refractivity contribution is 5.97. The van der Waals surface area contributed by atoms with Gasteiger partial charge in [-0.1, -0.05) is 6.07 Å². The molecule has 6 nitrogen and oxygen atoms in total. The van der Waals surface area contributed by atoms with Crippen LogP contribution < -0.4 is 21.3 Å². The highest BCUT2D eigenvalue weighted by atomic mass is 35.5. The third-order valence-electron chi connectivity index (χ3n) is 3.86. The molecule has 4 N–H and O–H groups in total. The number of nitrogens with two attached hydrogens (primary N) is 1. The van der Waals surface area contributed by atoms with Crippen LogP contribution in [0.15, 0.2) is 24.3 Å². The molecular formula is C17H28Cl2N4O2. The third kappa shape index (κ3) is 7.50. The average Bonchev–Trinajstić information content (AvgIpc) is 3.00. The first-order valence-electron chi connectivity index (χ1n) is 8.16. The van der Waals surface area contributed by atoms with Crippen molar-refractivity contribution in [3.05, 3.63) is 24.3 Å². The first-order valence-corrected chi connectivity index (χ1v) is 8.16. The lowest BCUT2D eigenvalue weighted by Gasteiger charge is -2.19. The molecule has 1 aliphatic rings. The van der Waals surface area contributed by atoms with E-state index in [-0.39, 0.29) is 49.1 Å². The van der Waals surface area contributed by atoms with Crippen LogP contribution in [-0.2, 0) is 9.59 Å². The van der Waals surface area contributed by atoms with Gasteiger partial charge in [-0.2, -0.15) is 0 Å². The Kier molecular flexibility index (Phi) is 10.5. The molecule has 0 spiro atoms. The number of benzene rings is 1. The molecule has 1 fully saturated rings. The molecule has 2 amide bonds. The van der Waals surface area contributed by atoms with Gasteiger partial charge >= 0.3 is 0 Å². The van der Waals surface area contributed by atoms with Crippen molar-refractivity contribution in [2.75, 3.05) is 23.3 Å². The molecule has 0 radical (unpaired) electrons. The van der Waals surface area contributed by atoms with Crippen LogP contribution >= 0.6 is 24.8 Å². The first kappa shape index (κ1) is 23.5. The standard InChI is InChI=1S/C17H26N4O2.2ClH/c1-12(18)10-16(22)19-13(2)17(23)20-14-6-5-7-15(11-14)21-8-3-4-9-21;;/h5-7,11-13H,3-4,8-10,18H2,1-2H3,(H,19,22)(H,20,23);2*1H. The Hall–Kier alpha value is -1.50. The van der Waals surface area contributed by atoms with E-state index in [1.165, 1.54) is 12.8 Å². The fourth-order valence-corrected chi connectivity index (χ4v) is 2.66. The smallest absolute Gasteiger partial charge is 0.246 e. The van der Waals surface area contributed by atoms with Gasteiger partial charge < -0.3 is 21.3 Å². The summed E-state index contributed by atoms with van der Waals surface area (Å²) in [6.07, 6.45) is 2.63. The van der Waals surface area contributed by atoms with E-state index in [0.29, 0.717) is 0 Å². The number of carbonyl (C=O) groups excluding carboxylic acids is 2. The lowest BCUT2D eigenvalue weighted by Crippen LogP contribution is -2.43. The first-order chi connectivity index (χ1) is 11.0.